The van der Waals surface area contributed by atoms with Crippen molar-refractivity contribution in [3.8, 4) is 0 Å². The molecule has 1 N–H and O–H groups in total. The summed E-state index contributed by atoms with van der Waals surface area (Å²) >= 11 is 7.35. The Morgan fingerprint density at radius 1 is 1.35 bits per heavy atom. The van der Waals surface area contributed by atoms with Gasteiger partial charge in [-0.25, -0.2) is 0 Å². The minimum atomic E-state index is -0.0525. The highest BCUT2D eigenvalue weighted by molar-refractivity contribution is 7.12. The average Bonchev–Trinajstić information content (AvgIpc) is 2.82. The fraction of sp³-hybridized carbons (Fsp3) is 0.154. The number of benzene rings is 1. The molecular formula is C13H12ClNOS. The Bertz CT molecular complexity index is 510. The minimum absolute atomic E-state index is 0.0486. The maximum absolute atomic E-state index is 11.8. The van der Waals surface area contributed by atoms with E-state index >= 15 is 0 Å². The van der Waals surface area contributed by atoms with Crippen molar-refractivity contribution in [1.29, 1.82) is 0 Å². The van der Waals surface area contributed by atoms with E-state index in [1.165, 1.54) is 11.3 Å². The van der Waals surface area contributed by atoms with Crippen LogP contribution in [0.1, 0.15) is 28.2 Å². The molecule has 4 heteroatoms. The number of amides is 1. The SMILES string of the molecule is CC(NC(=O)c1cccs1)c1cccc(Cl)c1. The molecule has 1 amide bonds. The van der Waals surface area contributed by atoms with Gasteiger partial charge in [0, 0.05) is 5.02 Å². The quantitative estimate of drug-likeness (QED) is 0.896. The van der Waals surface area contributed by atoms with Crippen LogP contribution in [-0.4, -0.2) is 5.91 Å². The maximum atomic E-state index is 11.8. The standard InChI is InChI=1S/C13H12ClNOS/c1-9(10-4-2-5-11(14)8-10)15-13(16)12-6-3-7-17-12/h2-9H,1H3,(H,15,16). The molecule has 1 unspecified atom stereocenters. The lowest BCUT2D eigenvalue weighted by Gasteiger charge is -2.13. The summed E-state index contributed by atoms with van der Waals surface area (Å²) in [5.74, 6) is -0.0486. The molecule has 1 aromatic heterocycles. The van der Waals surface area contributed by atoms with Gasteiger partial charge in [0.2, 0.25) is 0 Å². The van der Waals surface area contributed by atoms with Crippen LogP contribution in [0.4, 0.5) is 0 Å². The third-order valence-corrected chi connectivity index (χ3v) is 3.54. The molecule has 0 aliphatic heterocycles. The summed E-state index contributed by atoms with van der Waals surface area (Å²) in [7, 11) is 0. The van der Waals surface area contributed by atoms with E-state index in [0.29, 0.717) is 5.02 Å². The van der Waals surface area contributed by atoms with Gasteiger partial charge in [0.1, 0.15) is 0 Å². The van der Waals surface area contributed by atoms with Gasteiger partial charge >= 0.3 is 0 Å². The molecule has 1 aromatic carbocycles. The van der Waals surface area contributed by atoms with Crippen LogP contribution < -0.4 is 5.32 Å². The number of carbonyl (C=O) groups is 1. The Hall–Kier alpha value is -1.32. The highest BCUT2D eigenvalue weighted by Gasteiger charge is 2.11. The van der Waals surface area contributed by atoms with Crippen molar-refractivity contribution in [2.24, 2.45) is 0 Å². The maximum Gasteiger partial charge on any atom is 0.261 e. The van der Waals surface area contributed by atoms with Gasteiger partial charge in [-0.1, -0.05) is 29.8 Å². The first kappa shape index (κ1) is 12.1. The second-order valence-electron chi connectivity index (χ2n) is 3.73. The van der Waals surface area contributed by atoms with E-state index < -0.39 is 0 Å². The number of nitrogens with one attached hydrogen (secondary N) is 1. The average molecular weight is 266 g/mol. The highest BCUT2D eigenvalue weighted by Crippen LogP contribution is 2.18. The molecule has 0 saturated heterocycles. The Balaban J connectivity index is 2.07. The zero-order valence-electron chi connectivity index (χ0n) is 9.31. The van der Waals surface area contributed by atoms with Crippen molar-refractivity contribution in [3.05, 3.63) is 57.2 Å². The summed E-state index contributed by atoms with van der Waals surface area (Å²) in [6.07, 6.45) is 0. The summed E-state index contributed by atoms with van der Waals surface area (Å²) in [5, 5.41) is 5.51. The zero-order chi connectivity index (χ0) is 12.3. The van der Waals surface area contributed by atoms with Gasteiger partial charge in [0.25, 0.3) is 5.91 Å². The Labute approximate surface area is 109 Å². The number of carbonyl (C=O) groups excluding carboxylic acids is 1. The molecular weight excluding hydrogens is 254 g/mol. The first-order valence-corrected chi connectivity index (χ1v) is 6.52. The van der Waals surface area contributed by atoms with Crippen molar-refractivity contribution in [3.63, 3.8) is 0 Å². The zero-order valence-corrected chi connectivity index (χ0v) is 10.9. The second kappa shape index (κ2) is 5.34. The normalized spacial score (nSPS) is 12.1. The summed E-state index contributed by atoms with van der Waals surface area (Å²) < 4.78 is 0. The molecule has 1 atom stereocenters. The van der Waals surface area contributed by atoms with Crippen LogP contribution in [0.25, 0.3) is 0 Å². The molecule has 17 heavy (non-hydrogen) atoms. The van der Waals surface area contributed by atoms with Crippen LogP contribution in [0.2, 0.25) is 5.02 Å². The molecule has 0 bridgehead atoms. The molecule has 0 aliphatic carbocycles. The third-order valence-electron chi connectivity index (χ3n) is 2.44. The summed E-state index contributed by atoms with van der Waals surface area (Å²) in [4.78, 5) is 12.6. The lowest BCUT2D eigenvalue weighted by atomic mass is 10.1. The molecule has 0 spiro atoms. The second-order valence-corrected chi connectivity index (χ2v) is 5.11. The van der Waals surface area contributed by atoms with Gasteiger partial charge in [-0.05, 0) is 36.1 Å². The predicted octanol–water partition coefficient (Wildman–Crippen LogP) is 3.89. The number of halogens is 1. The lowest BCUT2D eigenvalue weighted by Crippen LogP contribution is -2.25. The lowest BCUT2D eigenvalue weighted by molar-refractivity contribution is 0.0944. The smallest absolute Gasteiger partial charge is 0.261 e. The van der Waals surface area contributed by atoms with Gasteiger partial charge in [-0.3, -0.25) is 4.79 Å². The van der Waals surface area contributed by atoms with E-state index in [1.54, 1.807) is 0 Å². The van der Waals surface area contributed by atoms with Crippen LogP contribution >= 0.6 is 22.9 Å². The number of thiophene rings is 1. The topological polar surface area (TPSA) is 29.1 Å². The molecule has 2 rings (SSSR count). The van der Waals surface area contributed by atoms with Crippen LogP contribution in [0.15, 0.2) is 41.8 Å². The van der Waals surface area contributed by atoms with Crippen molar-refractivity contribution in [1.82, 2.24) is 5.32 Å². The van der Waals surface area contributed by atoms with Crippen molar-refractivity contribution in [2.75, 3.05) is 0 Å². The molecule has 0 radical (unpaired) electrons. The molecule has 0 aliphatic rings. The first-order chi connectivity index (χ1) is 8.16. The van der Waals surface area contributed by atoms with Crippen LogP contribution in [-0.2, 0) is 0 Å². The van der Waals surface area contributed by atoms with Gasteiger partial charge in [0.05, 0.1) is 10.9 Å². The molecule has 0 saturated carbocycles. The van der Waals surface area contributed by atoms with E-state index in [2.05, 4.69) is 5.32 Å². The largest absolute Gasteiger partial charge is 0.345 e. The summed E-state index contributed by atoms with van der Waals surface area (Å²) in [6.45, 7) is 1.94. The van der Waals surface area contributed by atoms with Crippen LogP contribution in [0.3, 0.4) is 0 Å². The third kappa shape index (κ3) is 3.08. The first-order valence-electron chi connectivity index (χ1n) is 5.26. The van der Waals surface area contributed by atoms with Crippen LogP contribution in [0, 0.1) is 0 Å². The van der Waals surface area contributed by atoms with Gasteiger partial charge in [-0.15, -0.1) is 11.3 Å². The molecule has 0 fully saturated rings. The van der Waals surface area contributed by atoms with Gasteiger partial charge in [0.15, 0.2) is 0 Å². The van der Waals surface area contributed by atoms with E-state index in [-0.39, 0.29) is 11.9 Å². The minimum Gasteiger partial charge on any atom is -0.345 e. The highest BCUT2D eigenvalue weighted by atomic mass is 35.5. The predicted molar refractivity (Wildman–Crippen MR) is 71.7 cm³/mol. The Morgan fingerprint density at radius 3 is 2.82 bits per heavy atom. The van der Waals surface area contributed by atoms with Crippen LogP contribution in [0.5, 0.6) is 0 Å². The summed E-state index contributed by atoms with van der Waals surface area (Å²) in [5.41, 5.74) is 1.00. The Kier molecular flexibility index (Phi) is 3.82. The fourth-order valence-electron chi connectivity index (χ4n) is 1.53. The van der Waals surface area contributed by atoms with E-state index in [4.69, 9.17) is 11.6 Å². The number of hydrogen-bond acceptors (Lipinski definition) is 2. The van der Waals surface area contributed by atoms with E-state index in [0.717, 1.165) is 10.4 Å². The van der Waals surface area contributed by atoms with Crippen molar-refractivity contribution >= 4 is 28.8 Å². The van der Waals surface area contributed by atoms with E-state index in [1.807, 2.05) is 48.7 Å². The Morgan fingerprint density at radius 2 is 2.18 bits per heavy atom. The monoisotopic (exact) mass is 265 g/mol. The summed E-state index contributed by atoms with van der Waals surface area (Å²) in [6, 6.07) is 11.1. The molecule has 1 heterocycles. The fourth-order valence-corrected chi connectivity index (χ4v) is 2.36. The van der Waals surface area contributed by atoms with Gasteiger partial charge < -0.3 is 5.32 Å². The van der Waals surface area contributed by atoms with Gasteiger partial charge in [-0.2, -0.15) is 0 Å². The molecule has 2 aromatic rings. The molecule has 88 valence electrons. The van der Waals surface area contributed by atoms with E-state index in [9.17, 15) is 4.79 Å². The number of rotatable bonds is 3. The number of hydrogen-bond donors (Lipinski definition) is 1. The van der Waals surface area contributed by atoms with Crippen molar-refractivity contribution < 1.29 is 4.79 Å². The molecule has 2 nitrogen and oxygen atoms in total. The van der Waals surface area contributed by atoms with Crippen molar-refractivity contribution in [2.45, 2.75) is 13.0 Å².